The lowest BCUT2D eigenvalue weighted by Gasteiger charge is -2.15. The number of hydrogen-bond donors (Lipinski definition) is 1. The van der Waals surface area contributed by atoms with Gasteiger partial charge in [-0.3, -0.25) is 9.59 Å². The maximum atomic E-state index is 12.0. The third-order valence-electron chi connectivity index (χ3n) is 6.22. The highest BCUT2D eigenvalue weighted by Crippen LogP contribution is 2.10. The van der Waals surface area contributed by atoms with Gasteiger partial charge in [0.15, 0.2) is 6.10 Å². The van der Waals surface area contributed by atoms with E-state index < -0.39 is 6.10 Å². The fourth-order valence-electron chi connectivity index (χ4n) is 3.89. The number of carbonyl (C=O) groups excluding carboxylic acids is 2. The summed E-state index contributed by atoms with van der Waals surface area (Å²) in [5.74, 6) is -0.635. The van der Waals surface area contributed by atoms with E-state index in [-0.39, 0.29) is 25.2 Å². The summed E-state index contributed by atoms with van der Waals surface area (Å²) >= 11 is 0. The first kappa shape index (κ1) is 34.4. The van der Waals surface area contributed by atoms with Crippen LogP contribution in [-0.4, -0.2) is 36.4 Å². The maximum absolute atomic E-state index is 12.0. The first-order valence-electron chi connectivity index (χ1n) is 14.9. The van der Waals surface area contributed by atoms with Gasteiger partial charge < -0.3 is 14.6 Å². The van der Waals surface area contributed by atoms with E-state index in [0.717, 1.165) is 57.8 Å². The first-order chi connectivity index (χ1) is 17.6. The van der Waals surface area contributed by atoms with Crippen molar-refractivity contribution in [1.82, 2.24) is 0 Å². The van der Waals surface area contributed by atoms with Crippen molar-refractivity contribution >= 4 is 11.9 Å². The Morgan fingerprint density at radius 3 is 1.44 bits per heavy atom. The van der Waals surface area contributed by atoms with Crippen molar-refractivity contribution < 1.29 is 24.2 Å². The van der Waals surface area contributed by atoms with Crippen molar-refractivity contribution in [1.29, 1.82) is 0 Å². The average Bonchev–Trinajstić information content (AvgIpc) is 2.88. The minimum atomic E-state index is -0.778. The Kier molecular flexibility index (Phi) is 26.7. The standard InChI is InChI=1S/C31H56O5/c1-3-5-7-9-11-13-15-17-19-21-23-25-30(33)35-28-29(27-32)36-31(34)26-24-22-20-18-16-14-12-10-8-6-4-2/h13-16,29,32H,3-12,17-28H2,1-2H3/b15-13-,16-14-/t29-/m0/s1. The van der Waals surface area contributed by atoms with Crippen LogP contribution in [0.1, 0.15) is 142 Å². The Labute approximate surface area is 222 Å². The molecule has 0 rings (SSSR count). The fraction of sp³-hybridized carbons (Fsp3) is 0.806. The van der Waals surface area contributed by atoms with Crippen LogP contribution < -0.4 is 0 Å². The van der Waals surface area contributed by atoms with Crippen LogP contribution in [0, 0.1) is 0 Å². The number of aliphatic hydroxyl groups is 1. The molecule has 0 radical (unpaired) electrons. The van der Waals surface area contributed by atoms with Crippen molar-refractivity contribution in [3.8, 4) is 0 Å². The molecule has 0 amide bonds. The number of ether oxygens (including phenoxy) is 2. The Morgan fingerprint density at radius 2 is 1.03 bits per heavy atom. The van der Waals surface area contributed by atoms with Crippen molar-refractivity contribution in [3.63, 3.8) is 0 Å². The zero-order valence-electron chi connectivity index (χ0n) is 23.5. The van der Waals surface area contributed by atoms with E-state index in [0.29, 0.717) is 12.8 Å². The molecule has 0 heterocycles. The van der Waals surface area contributed by atoms with Crippen LogP contribution in [0.4, 0.5) is 0 Å². The van der Waals surface area contributed by atoms with Crippen molar-refractivity contribution in [2.24, 2.45) is 0 Å². The number of esters is 2. The van der Waals surface area contributed by atoms with Crippen LogP contribution in [0.25, 0.3) is 0 Å². The minimum Gasteiger partial charge on any atom is -0.462 e. The third kappa shape index (κ3) is 25.5. The van der Waals surface area contributed by atoms with Crippen LogP contribution in [0.5, 0.6) is 0 Å². The molecule has 0 aromatic rings. The van der Waals surface area contributed by atoms with Crippen LogP contribution in [0.15, 0.2) is 24.3 Å². The molecule has 5 nitrogen and oxygen atoms in total. The fourth-order valence-corrected chi connectivity index (χ4v) is 3.89. The van der Waals surface area contributed by atoms with E-state index in [1.165, 1.54) is 57.8 Å². The van der Waals surface area contributed by atoms with Crippen LogP contribution in [-0.2, 0) is 19.1 Å². The monoisotopic (exact) mass is 508 g/mol. The molecule has 0 saturated heterocycles. The molecule has 0 aliphatic rings. The zero-order chi connectivity index (χ0) is 26.5. The number of hydrogen-bond acceptors (Lipinski definition) is 5. The normalized spacial score (nSPS) is 12.4. The molecular formula is C31H56O5. The molecule has 0 aromatic heterocycles. The quantitative estimate of drug-likeness (QED) is 0.0721. The Hall–Kier alpha value is -1.62. The lowest BCUT2D eigenvalue weighted by atomic mass is 10.1. The highest BCUT2D eigenvalue weighted by Gasteiger charge is 2.15. The SMILES string of the molecule is CCCCCC/C=C\CCCCCC(=O)OC[C@H](CO)OC(=O)CCCCC/C=C\CCCCCC. The molecule has 5 heteroatoms. The number of unbranched alkanes of at least 4 members (excludes halogenated alkanes) is 14. The lowest BCUT2D eigenvalue weighted by Crippen LogP contribution is -2.28. The molecular weight excluding hydrogens is 452 g/mol. The zero-order valence-corrected chi connectivity index (χ0v) is 23.5. The van der Waals surface area contributed by atoms with Gasteiger partial charge in [0.05, 0.1) is 6.61 Å². The van der Waals surface area contributed by atoms with Gasteiger partial charge in [0.1, 0.15) is 6.61 Å². The summed E-state index contributed by atoms with van der Waals surface area (Å²) in [5, 5.41) is 9.44. The maximum Gasteiger partial charge on any atom is 0.306 e. The molecule has 0 aromatic carbocycles. The molecule has 1 N–H and O–H groups in total. The van der Waals surface area contributed by atoms with Gasteiger partial charge in [-0.05, 0) is 64.2 Å². The molecule has 0 aliphatic carbocycles. The van der Waals surface area contributed by atoms with Gasteiger partial charge in [0.2, 0.25) is 0 Å². The molecule has 210 valence electrons. The van der Waals surface area contributed by atoms with Gasteiger partial charge in [-0.25, -0.2) is 0 Å². The van der Waals surface area contributed by atoms with Crippen molar-refractivity contribution in [2.45, 2.75) is 148 Å². The van der Waals surface area contributed by atoms with Gasteiger partial charge in [0, 0.05) is 12.8 Å². The molecule has 0 aliphatic heterocycles. The lowest BCUT2D eigenvalue weighted by molar-refractivity contribution is -0.161. The molecule has 0 saturated carbocycles. The summed E-state index contributed by atoms with van der Waals surface area (Å²) in [6.07, 6.45) is 29.4. The molecule has 36 heavy (non-hydrogen) atoms. The van der Waals surface area contributed by atoms with E-state index >= 15 is 0 Å². The Morgan fingerprint density at radius 1 is 0.611 bits per heavy atom. The predicted molar refractivity (Wildman–Crippen MR) is 150 cm³/mol. The van der Waals surface area contributed by atoms with Gasteiger partial charge >= 0.3 is 11.9 Å². The van der Waals surface area contributed by atoms with E-state index in [1.807, 2.05) is 0 Å². The number of allylic oxidation sites excluding steroid dienone is 4. The number of aliphatic hydroxyl groups excluding tert-OH is 1. The topological polar surface area (TPSA) is 72.8 Å². The first-order valence-corrected chi connectivity index (χ1v) is 14.9. The largest absolute Gasteiger partial charge is 0.462 e. The third-order valence-corrected chi connectivity index (χ3v) is 6.22. The minimum absolute atomic E-state index is 0.0785. The summed E-state index contributed by atoms with van der Waals surface area (Å²) in [6, 6.07) is 0. The Balaban J connectivity index is 3.67. The molecule has 0 bridgehead atoms. The van der Waals surface area contributed by atoms with Gasteiger partial charge in [-0.1, -0.05) is 89.5 Å². The summed E-state index contributed by atoms with van der Waals surface area (Å²) < 4.78 is 10.5. The van der Waals surface area contributed by atoms with E-state index in [4.69, 9.17) is 9.47 Å². The van der Waals surface area contributed by atoms with Crippen LogP contribution >= 0.6 is 0 Å². The van der Waals surface area contributed by atoms with Crippen LogP contribution in [0.3, 0.4) is 0 Å². The molecule has 1 atom stereocenters. The Bertz CT molecular complexity index is 555. The summed E-state index contributed by atoms with van der Waals surface area (Å²) in [7, 11) is 0. The second kappa shape index (κ2) is 28.0. The summed E-state index contributed by atoms with van der Waals surface area (Å²) in [4.78, 5) is 23.9. The molecule has 0 unspecified atom stereocenters. The summed E-state index contributed by atoms with van der Waals surface area (Å²) in [5.41, 5.74) is 0. The van der Waals surface area contributed by atoms with Crippen LogP contribution in [0.2, 0.25) is 0 Å². The predicted octanol–water partition coefficient (Wildman–Crippen LogP) is 8.39. The number of carbonyl (C=O) groups is 2. The van der Waals surface area contributed by atoms with E-state index in [1.54, 1.807) is 0 Å². The van der Waals surface area contributed by atoms with E-state index in [9.17, 15) is 14.7 Å². The molecule has 0 fully saturated rings. The van der Waals surface area contributed by atoms with Gasteiger partial charge in [-0.2, -0.15) is 0 Å². The van der Waals surface area contributed by atoms with Crippen molar-refractivity contribution in [3.05, 3.63) is 24.3 Å². The average molecular weight is 509 g/mol. The highest BCUT2D eigenvalue weighted by molar-refractivity contribution is 5.70. The second-order valence-electron chi connectivity index (χ2n) is 9.82. The molecule has 0 spiro atoms. The van der Waals surface area contributed by atoms with Gasteiger partial charge in [-0.15, -0.1) is 0 Å². The van der Waals surface area contributed by atoms with Crippen molar-refractivity contribution in [2.75, 3.05) is 13.2 Å². The van der Waals surface area contributed by atoms with Gasteiger partial charge in [0.25, 0.3) is 0 Å². The summed E-state index contributed by atoms with van der Waals surface area (Å²) in [6.45, 7) is 4.03. The number of rotatable bonds is 26. The smallest absolute Gasteiger partial charge is 0.306 e. The highest BCUT2D eigenvalue weighted by atomic mass is 16.6. The second-order valence-corrected chi connectivity index (χ2v) is 9.82. The van der Waals surface area contributed by atoms with E-state index in [2.05, 4.69) is 38.2 Å².